The van der Waals surface area contributed by atoms with Crippen LogP contribution in [0.2, 0.25) is 0 Å². The van der Waals surface area contributed by atoms with Gasteiger partial charge in [0.05, 0.1) is 17.4 Å². The van der Waals surface area contributed by atoms with E-state index in [1.807, 2.05) is 0 Å². The van der Waals surface area contributed by atoms with Crippen molar-refractivity contribution < 1.29 is 17.6 Å². The number of alkyl halides is 4. The lowest BCUT2D eigenvalue weighted by molar-refractivity contribution is -0.137. The highest BCUT2D eigenvalue weighted by Crippen LogP contribution is 2.30. The summed E-state index contributed by atoms with van der Waals surface area (Å²) in [5.74, 6) is -0.492. The highest BCUT2D eigenvalue weighted by atomic mass is 79.9. The molecule has 7 heteroatoms. The highest BCUT2D eigenvalue weighted by molar-refractivity contribution is 9.08. The van der Waals surface area contributed by atoms with Gasteiger partial charge < -0.3 is 0 Å². The molecule has 0 saturated carbocycles. The molecule has 0 atom stereocenters. The van der Waals surface area contributed by atoms with Crippen LogP contribution in [0.5, 0.6) is 0 Å². The molecule has 2 aromatic rings. The maximum atomic E-state index is 13.5. The molecule has 2 rings (SSSR count). The van der Waals surface area contributed by atoms with E-state index in [2.05, 4.69) is 21.0 Å². The average Bonchev–Trinajstić information content (AvgIpc) is 2.77. The number of halogens is 5. The van der Waals surface area contributed by atoms with Crippen LogP contribution in [0.4, 0.5) is 17.6 Å². The van der Waals surface area contributed by atoms with Gasteiger partial charge in [-0.25, -0.2) is 9.07 Å². The number of rotatable bonds is 2. The van der Waals surface area contributed by atoms with E-state index in [9.17, 15) is 17.6 Å². The lowest BCUT2D eigenvalue weighted by Gasteiger charge is -2.08. The molecule has 0 unspecified atom stereocenters. The first-order chi connectivity index (χ1) is 8.43. The minimum atomic E-state index is -4.46. The number of hydrogen-bond donors (Lipinski definition) is 0. The topological polar surface area (TPSA) is 17.8 Å². The van der Waals surface area contributed by atoms with Gasteiger partial charge in [-0.15, -0.1) is 0 Å². The molecule has 0 radical (unpaired) electrons. The second-order valence-corrected chi connectivity index (χ2v) is 4.10. The van der Waals surface area contributed by atoms with Gasteiger partial charge in [-0.2, -0.15) is 18.3 Å². The molecule has 96 valence electrons. The zero-order chi connectivity index (χ0) is 13.3. The van der Waals surface area contributed by atoms with Crippen LogP contribution >= 0.6 is 15.9 Å². The van der Waals surface area contributed by atoms with Crippen LogP contribution in [0.1, 0.15) is 11.1 Å². The molecule has 0 amide bonds. The van der Waals surface area contributed by atoms with Crippen LogP contribution in [0, 0.1) is 5.82 Å². The van der Waals surface area contributed by atoms with Crippen LogP contribution in [-0.4, -0.2) is 9.78 Å². The summed E-state index contributed by atoms with van der Waals surface area (Å²) < 4.78 is 51.8. The SMILES string of the molecule is Fc1cccc(-n2cc(C(F)(F)F)cn2)c1CBr. The second-order valence-electron chi connectivity index (χ2n) is 3.54. The summed E-state index contributed by atoms with van der Waals surface area (Å²) in [4.78, 5) is 0. The second kappa shape index (κ2) is 4.72. The Balaban J connectivity index is 2.50. The zero-order valence-corrected chi connectivity index (χ0v) is 10.5. The number of nitrogens with zero attached hydrogens (tertiary/aromatic N) is 2. The summed E-state index contributed by atoms with van der Waals surface area (Å²) in [5, 5.41) is 3.80. The van der Waals surface area contributed by atoms with Crippen LogP contribution < -0.4 is 0 Å². The van der Waals surface area contributed by atoms with Crippen molar-refractivity contribution in [3.8, 4) is 5.69 Å². The van der Waals surface area contributed by atoms with Gasteiger partial charge in [0, 0.05) is 17.1 Å². The van der Waals surface area contributed by atoms with E-state index in [0.717, 1.165) is 10.9 Å². The molecule has 1 aromatic heterocycles. The Kier molecular flexibility index (Phi) is 3.43. The Hall–Kier alpha value is -1.37. The van der Waals surface area contributed by atoms with E-state index in [0.29, 0.717) is 6.20 Å². The quantitative estimate of drug-likeness (QED) is 0.605. The van der Waals surface area contributed by atoms with E-state index in [4.69, 9.17) is 0 Å². The third-order valence-electron chi connectivity index (χ3n) is 2.38. The maximum Gasteiger partial charge on any atom is 0.419 e. The normalized spacial score (nSPS) is 11.8. The molecule has 2 nitrogen and oxygen atoms in total. The van der Waals surface area contributed by atoms with E-state index >= 15 is 0 Å². The average molecular weight is 323 g/mol. The predicted octanol–water partition coefficient (Wildman–Crippen LogP) is 3.93. The van der Waals surface area contributed by atoms with Gasteiger partial charge in [0.25, 0.3) is 0 Å². The Morgan fingerprint density at radius 2 is 2.00 bits per heavy atom. The van der Waals surface area contributed by atoms with Crippen molar-refractivity contribution in [2.24, 2.45) is 0 Å². The van der Waals surface area contributed by atoms with Gasteiger partial charge in [0.1, 0.15) is 5.82 Å². The lowest BCUT2D eigenvalue weighted by Crippen LogP contribution is -2.04. The summed E-state index contributed by atoms with van der Waals surface area (Å²) in [7, 11) is 0. The third kappa shape index (κ3) is 2.40. The standard InChI is InChI=1S/C11H7BrF4N2/c12-4-8-9(13)2-1-3-10(8)18-6-7(5-17-18)11(14,15)16/h1-3,5-6H,4H2. The van der Waals surface area contributed by atoms with Gasteiger partial charge in [-0.3, -0.25) is 0 Å². The molecular weight excluding hydrogens is 316 g/mol. The smallest absolute Gasteiger partial charge is 0.240 e. The van der Waals surface area contributed by atoms with Crippen molar-refractivity contribution in [2.75, 3.05) is 0 Å². The first kappa shape index (κ1) is 13.1. The monoisotopic (exact) mass is 322 g/mol. The summed E-state index contributed by atoms with van der Waals surface area (Å²) >= 11 is 3.10. The van der Waals surface area contributed by atoms with Crippen molar-refractivity contribution in [3.63, 3.8) is 0 Å². The summed E-state index contributed by atoms with van der Waals surface area (Å²) in [6.07, 6.45) is -2.91. The molecule has 0 saturated heterocycles. The summed E-state index contributed by atoms with van der Waals surface area (Å²) in [6.45, 7) is 0. The Bertz CT molecular complexity index is 562. The van der Waals surface area contributed by atoms with Gasteiger partial charge >= 0.3 is 6.18 Å². The molecule has 0 aliphatic rings. The van der Waals surface area contributed by atoms with Crippen LogP contribution in [0.15, 0.2) is 30.6 Å². The van der Waals surface area contributed by atoms with Gasteiger partial charge in [-0.05, 0) is 12.1 Å². The molecule has 0 bridgehead atoms. The zero-order valence-electron chi connectivity index (χ0n) is 8.88. The molecule has 1 aromatic carbocycles. The van der Waals surface area contributed by atoms with Crippen molar-refractivity contribution in [2.45, 2.75) is 11.5 Å². The van der Waals surface area contributed by atoms with Crippen LogP contribution in [0.3, 0.4) is 0 Å². The van der Waals surface area contributed by atoms with Crippen molar-refractivity contribution in [3.05, 3.63) is 47.5 Å². The fraction of sp³-hybridized carbons (Fsp3) is 0.182. The molecule has 0 fully saturated rings. The Morgan fingerprint density at radius 1 is 1.28 bits per heavy atom. The third-order valence-corrected chi connectivity index (χ3v) is 2.95. The summed E-state index contributed by atoms with van der Waals surface area (Å²) in [5.41, 5.74) is -0.330. The van der Waals surface area contributed by atoms with Crippen LogP contribution in [-0.2, 0) is 11.5 Å². The Labute approximate surface area is 108 Å². The fourth-order valence-corrected chi connectivity index (χ4v) is 2.05. The van der Waals surface area contributed by atoms with Crippen molar-refractivity contribution in [1.82, 2.24) is 9.78 Å². The Morgan fingerprint density at radius 3 is 2.56 bits per heavy atom. The molecule has 0 N–H and O–H groups in total. The molecule has 1 heterocycles. The first-order valence-corrected chi connectivity index (χ1v) is 6.01. The molecule has 18 heavy (non-hydrogen) atoms. The maximum absolute atomic E-state index is 13.5. The number of aromatic nitrogens is 2. The largest absolute Gasteiger partial charge is 0.419 e. The van der Waals surface area contributed by atoms with Crippen LogP contribution in [0.25, 0.3) is 5.69 Å². The van der Waals surface area contributed by atoms with Gasteiger partial charge in [0.15, 0.2) is 0 Å². The predicted molar refractivity (Wildman–Crippen MR) is 61.2 cm³/mol. The van der Waals surface area contributed by atoms with Gasteiger partial charge in [-0.1, -0.05) is 22.0 Å². The van der Waals surface area contributed by atoms with E-state index < -0.39 is 17.6 Å². The molecule has 0 aliphatic carbocycles. The number of hydrogen-bond acceptors (Lipinski definition) is 1. The van der Waals surface area contributed by atoms with E-state index in [-0.39, 0.29) is 16.6 Å². The molecule has 0 spiro atoms. The fourth-order valence-electron chi connectivity index (χ4n) is 1.50. The first-order valence-electron chi connectivity index (χ1n) is 4.89. The summed E-state index contributed by atoms with van der Waals surface area (Å²) in [6, 6.07) is 4.17. The van der Waals surface area contributed by atoms with E-state index in [1.165, 1.54) is 18.2 Å². The lowest BCUT2D eigenvalue weighted by atomic mass is 10.2. The van der Waals surface area contributed by atoms with Gasteiger partial charge in [0.2, 0.25) is 0 Å². The minimum absolute atomic E-state index is 0.191. The van der Waals surface area contributed by atoms with E-state index in [1.54, 1.807) is 0 Å². The highest BCUT2D eigenvalue weighted by Gasteiger charge is 2.32. The number of benzene rings is 1. The van der Waals surface area contributed by atoms with Crippen molar-refractivity contribution in [1.29, 1.82) is 0 Å². The minimum Gasteiger partial charge on any atom is -0.240 e. The van der Waals surface area contributed by atoms with Crippen molar-refractivity contribution >= 4 is 15.9 Å². The molecule has 0 aliphatic heterocycles. The molecular formula is C11H7BrF4N2.